The van der Waals surface area contributed by atoms with Gasteiger partial charge in [-0.3, -0.25) is 0 Å². The molecule has 0 spiro atoms. The van der Waals surface area contributed by atoms with Crippen LogP contribution in [0.4, 0.5) is 0 Å². The lowest BCUT2D eigenvalue weighted by Gasteiger charge is -2.30. The monoisotopic (exact) mass is 297 g/mol. The van der Waals surface area contributed by atoms with Crippen molar-refractivity contribution in [3.05, 3.63) is 29.8 Å². The summed E-state index contributed by atoms with van der Waals surface area (Å²) in [4.78, 5) is 0.317. The van der Waals surface area contributed by atoms with Crippen LogP contribution in [0.25, 0.3) is 0 Å². The second-order valence-electron chi connectivity index (χ2n) is 5.50. The quantitative estimate of drug-likeness (QED) is 0.929. The number of hydrogen-bond donors (Lipinski definition) is 1. The van der Waals surface area contributed by atoms with Crippen LogP contribution >= 0.6 is 0 Å². The van der Waals surface area contributed by atoms with Gasteiger partial charge in [0, 0.05) is 13.1 Å². The molecule has 1 aliphatic heterocycles. The summed E-state index contributed by atoms with van der Waals surface area (Å²) < 4.78 is 26.6. The molecule has 1 aromatic carbocycles. The van der Waals surface area contributed by atoms with Gasteiger partial charge in [-0.15, -0.1) is 0 Å². The molecule has 2 rings (SSSR count). The first kappa shape index (κ1) is 15.5. The maximum absolute atomic E-state index is 12.5. The number of sulfonamides is 1. The normalized spacial score (nSPS) is 19.9. The van der Waals surface area contributed by atoms with E-state index in [2.05, 4.69) is 6.92 Å². The minimum absolute atomic E-state index is 0.317. The Kier molecular flexibility index (Phi) is 4.83. The fourth-order valence-electron chi connectivity index (χ4n) is 2.63. The van der Waals surface area contributed by atoms with Crippen molar-refractivity contribution in [1.29, 1.82) is 0 Å². The van der Waals surface area contributed by atoms with E-state index in [-0.39, 0.29) is 0 Å². The summed E-state index contributed by atoms with van der Waals surface area (Å²) in [6.45, 7) is 5.04. The van der Waals surface area contributed by atoms with Gasteiger partial charge in [0.05, 0.1) is 11.0 Å². The highest BCUT2D eigenvalue weighted by Gasteiger charge is 2.28. The summed E-state index contributed by atoms with van der Waals surface area (Å²) in [6, 6.07) is 6.53. The Balaban J connectivity index is 2.14. The summed E-state index contributed by atoms with van der Waals surface area (Å²) in [5.41, 5.74) is 0.730. The van der Waals surface area contributed by atoms with Crippen molar-refractivity contribution in [1.82, 2.24) is 4.31 Å². The molecule has 1 N–H and O–H groups in total. The van der Waals surface area contributed by atoms with Crippen molar-refractivity contribution >= 4 is 10.0 Å². The number of rotatable bonds is 4. The molecule has 4 nitrogen and oxygen atoms in total. The van der Waals surface area contributed by atoms with Crippen LogP contribution in [0.2, 0.25) is 0 Å². The molecule has 1 unspecified atom stereocenters. The Bertz CT molecular complexity index is 529. The van der Waals surface area contributed by atoms with Gasteiger partial charge in [0.15, 0.2) is 0 Å². The SMILES string of the molecule is CCC1CCN(S(=O)(=O)c2ccc(C(C)O)cc2)CC1. The molecule has 0 aromatic heterocycles. The Hall–Kier alpha value is -0.910. The summed E-state index contributed by atoms with van der Waals surface area (Å²) in [5.74, 6) is 0.652. The average Bonchev–Trinajstić information content (AvgIpc) is 2.47. The second kappa shape index (κ2) is 6.24. The topological polar surface area (TPSA) is 57.6 Å². The molecular formula is C15H23NO3S. The number of hydrogen-bond acceptors (Lipinski definition) is 3. The second-order valence-corrected chi connectivity index (χ2v) is 7.44. The van der Waals surface area contributed by atoms with Crippen LogP contribution in [-0.4, -0.2) is 30.9 Å². The van der Waals surface area contributed by atoms with Gasteiger partial charge in [-0.25, -0.2) is 8.42 Å². The number of piperidine rings is 1. The zero-order valence-corrected chi connectivity index (χ0v) is 12.9. The Morgan fingerprint density at radius 3 is 2.25 bits per heavy atom. The van der Waals surface area contributed by atoms with Crippen molar-refractivity contribution in [3.63, 3.8) is 0 Å². The number of aliphatic hydroxyl groups is 1. The smallest absolute Gasteiger partial charge is 0.243 e. The largest absolute Gasteiger partial charge is 0.389 e. The molecule has 0 saturated carbocycles. The molecule has 1 heterocycles. The number of benzene rings is 1. The third kappa shape index (κ3) is 3.22. The summed E-state index contributed by atoms with van der Waals surface area (Å²) >= 11 is 0. The molecule has 0 bridgehead atoms. The van der Waals surface area contributed by atoms with Crippen molar-refractivity contribution in [2.45, 2.75) is 44.1 Å². The maximum atomic E-state index is 12.5. The predicted octanol–water partition coefficient (Wildman–Crippen LogP) is 2.55. The molecule has 1 atom stereocenters. The lowest BCUT2D eigenvalue weighted by molar-refractivity contribution is 0.199. The van der Waals surface area contributed by atoms with E-state index < -0.39 is 16.1 Å². The van der Waals surface area contributed by atoms with Gasteiger partial charge >= 0.3 is 0 Å². The van der Waals surface area contributed by atoms with Gasteiger partial charge in [0.2, 0.25) is 10.0 Å². The molecule has 112 valence electrons. The number of nitrogens with zero attached hydrogens (tertiary/aromatic N) is 1. The lowest BCUT2D eigenvalue weighted by Crippen LogP contribution is -2.38. The van der Waals surface area contributed by atoms with Crippen LogP contribution in [0.5, 0.6) is 0 Å². The van der Waals surface area contributed by atoms with Crippen LogP contribution in [0, 0.1) is 5.92 Å². The van der Waals surface area contributed by atoms with E-state index >= 15 is 0 Å². The minimum Gasteiger partial charge on any atom is -0.389 e. The predicted molar refractivity (Wildman–Crippen MR) is 78.8 cm³/mol. The van der Waals surface area contributed by atoms with Gasteiger partial charge in [-0.1, -0.05) is 25.5 Å². The van der Waals surface area contributed by atoms with Gasteiger partial charge in [-0.05, 0) is 43.4 Å². The molecule has 0 radical (unpaired) electrons. The third-order valence-corrected chi connectivity index (χ3v) is 6.06. The van der Waals surface area contributed by atoms with Crippen LogP contribution in [0.1, 0.15) is 44.8 Å². The Morgan fingerprint density at radius 2 is 1.80 bits per heavy atom. The van der Waals surface area contributed by atoms with E-state index in [0.29, 0.717) is 23.9 Å². The van der Waals surface area contributed by atoms with Gasteiger partial charge in [0.1, 0.15) is 0 Å². The minimum atomic E-state index is -3.38. The van der Waals surface area contributed by atoms with Gasteiger partial charge in [-0.2, -0.15) is 4.31 Å². The highest BCUT2D eigenvalue weighted by molar-refractivity contribution is 7.89. The van der Waals surface area contributed by atoms with Crippen LogP contribution < -0.4 is 0 Å². The summed E-state index contributed by atoms with van der Waals surface area (Å²) in [7, 11) is -3.38. The molecule has 20 heavy (non-hydrogen) atoms. The highest BCUT2D eigenvalue weighted by atomic mass is 32.2. The van der Waals surface area contributed by atoms with Crippen molar-refractivity contribution < 1.29 is 13.5 Å². The molecule has 1 aliphatic rings. The van der Waals surface area contributed by atoms with Crippen molar-refractivity contribution in [2.24, 2.45) is 5.92 Å². The van der Waals surface area contributed by atoms with E-state index in [1.807, 2.05) is 0 Å². The third-order valence-electron chi connectivity index (χ3n) is 4.15. The first-order valence-electron chi connectivity index (χ1n) is 7.23. The molecule has 0 aliphatic carbocycles. The number of aliphatic hydroxyl groups excluding tert-OH is 1. The fourth-order valence-corrected chi connectivity index (χ4v) is 4.09. The Labute approximate surface area is 121 Å². The average molecular weight is 297 g/mol. The van der Waals surface area contributed by atoms with Gasteiger partial charge in [0.25, 0.3) is 0 Å². The zero-order chi connectivity index (χ0) is 14.8. The molecule has 1 aromatic rings. The molecular weight excluding hydrogens is 274 g/mol. The molecule has 0 amide bonds. The van der Waals surface area contributed by atoms with Crippen molar-refractivity contribution in [2.75, 3.05) is 13.1 Å². The first-order valence-corrected chi connectivity index (χ1v) is 8.67. The molecule has 1 fully saturated rings. The zero-order valence-electron chi connectivity index (χ0n) is 12.1. The van der Waals surface area contributed by atoms with Crippen LogP contribution in [0.3, 0.4) is 0 Å². The van der Waals surface area contributed by atoms with Gasteiger partial charge < -0.3 is 5.11 Å². The van der Waals surface area contributed by atoms with E-state index in [0.717, 1.165) is 24.8 Å². The molecule has 1 saturated heterocycles. The standard InChI is InChI=1S/C15H23NO3S/c1-3-13-8-10-16(11-9-13)20(18,19)15-6-4-14(5-7-15)12(2)17/h4-7,12-13,17H,3,8-11H2,1-2H3. The Morgan fingerprint density at radius 1 is 1.25 bits per heavy atom. The van der Waals surface area contributed by atoms with E-state index in [4.69, 9.17) is 0 Å². The van der Waals surface area contributed by atoms with E-state index in [9.17, 15) is 13.5 Å². The van der Waals surface area contributed by atoms with E-state index in [1.54, 1.807) is 35.5 Å². The fraction of sp³-hybridized carbons (Fsp3) is 0.600. The van der Waals surface area contributed by atoms with Crippen LogP contribution in [0.15, 0.2) is 29.2 Å². The maximum Gasteiger partial charge on any atom is 0.243 e. The lowest BCUT2D eigenvalue weighted by atomic mass is 9.96. The van der Waals surface area contributed by atoms with Crippen LogP contribution in [-0.2, 0) is 10.0 Å². The van der Waals surface area contributed by atoms with E-state index in [1.165, 1.54) is 0 Å². The molecule has 5 heteroatoms. The van der Waals surface area contributed by atoms with Crippen molar-refractivity contribution in [3.8, 4) is 0 Å². The highest BCUT2D eigenvalue weighted by Crippen LogP contribution is 2.26. The first-order chi connectivity index (χ1) is 9.45. The summed E-state index contributed by atoms with van der Waals surface area (Å²) in [5, 5.41) is 9.46. The summed E-state index contributed by atoms with van der Waals surface area (Å²) in [6.07, 6.45) is 2.44.